The number of para-hydroxylation sites is 2. The maximum atomic E-state index is 5.83. The molecule has 0 atom stereocenters. The number of methoxy groups -OCH3 is 1. The second-order valence-corrected chi connectivity index (χ2v) is 9.19. The molecular weight excluding hydrogens is 466 g/mol. The number of aliphatic imine (C=N–C) groups is 1. The lowest BCUT2D eigenvalue weighted by molar-refractivity contribution is 0.393. The summed E-state index contributed by atoms with van der Waals surface area (Å²) in [5.41, 5.74) is 6.66. The number of nitrogens with zero attached hydrogens (tertiary/aromatic N) is 6. The number of nitrogens with one attached hydrogen (secondary N) is 1. The van der Waals surface area contributed by atoms with Gasteiger partial charge in [0.1, 0.15) is 29.3 Å². The van der Waals surface area contributed by atoms with E-state index in [1.807, 2.05) is 33.1 Å². The molecule has 5 aromatic rings. The predicted molar refractivity (Wildman–Crippen MR) is 148 cm³/mol. The van der Waals surface area contributed by atoms with Crippen LogP contribution in [0.25, 0.3) is 33.1 Å². The van der Waals surface area contributed by atoms with E-state index in [4.69, 9.17) is 14.2 Å². The van der Waals surface area contributed by atoms with Gasteiger partial charge in [0.15, 0.2) is 0 Å². The highest BCUT2D eigenvalue weighted by atomic mass is 16.5. The molecule has 1 saturated heterocycles. The standard InChI is InChI=1S/C28H29N7O2/c1-5-29-21-8-6-7-9-23(21)34-10-12-35(13-11-34)28-26-19-15-24(36-4)20(25-17(2)33-37-18(25)3)14-22(19)32-27(26)30-16-31-28/h5-9,14-16H,10-13H2,1-4H3,(H,30,31,32). The minimum absolute atomic E-state index is 0.760. The second kappa shape index (κ2) is 9.24. The fourth-order valence-corrected chi connectivity index (χ4v) is 5.35. The van der Waals surface area contributed by atoms with Crippen molar-refractivity contribution in [3.05, 3.63) is 54.2 Å². The summed E-state index contributed by atoms with van der Waals surface area (Å²) in [5, 5.41) is 6.16. The van der Waals surface area contributed by atoms with E-state index in [2.05, 4.69) is 60.2 Å². The Hall–Kier alpha value is -4.40. The molecule has 3 aromatic heterocycles. The van der Waals surface area contributed by atoms with Crippen LogP contribution in [0.3, 0.4) is 0 Å². The van der Waals surface area contributed by atoms with E-state index in [1.165, 1.54) is 0 Å². The quantitative estimate of drug-likeness (QED) is 0.324. The first kappa shape index (κ1) is 23.0. The maximum Gasteiger partial charge on any atom is 0.143 e. The zero-order valence-corrected chi connectivity index (χ0v) is 21.4. The Balaban J connectivity index is 1.38. The van der Waals surface area contributed by atoms with Crippen LogP contribution in [0.2, 0.25) is 0 Å². The average molecular weight is 496 g/mol. The van der Waals surface area contributed by atoms with Gasteiger partial charge in [0.2, 0.25) is 0 Å². The van der Waals surface area contributed by atoms with E-state index < -0.39 is 0 Å². The molecule has 4 heterocycles. The molecule has 0 saturated carbocycles. The van der Waals surface area contributed by atoms with Crippen molar-refractivity contribution in [3.63, 3.8) is 0 Å². The van der Waals surface area contributed by atoms with Crippen molar-refractivity contribution in [1.29, 1.82) is 0 Å². The highest BCUT2D eigenvalue weighted by Crippen LogP contribution is 2.41. The Morgan fingerprint density at radius 1 is 1.05 bits per heavy atom. The Labute approximate surface area is 214 Å². The Kier molecular flexibility index (Phi) is 5.75. The Morgan fingerprint density at radius 3 is 2.57 bits per heavy atom. The number of H-pyrrole nitrogens is 1. The molecule has 0 unspecified atom stereocenters. The first-order chi connectivity index (χ1) is 18.1. The molecule has 1 aliphatic heterocycles. The third-order valence-corrected chi connectivity index (χ3v) is 7.06. The van der Waals surface area contributed by atoms with E-state index in [1.54, 1.807) is 13.4 Å². The van der Waals surface area contributed by atoms with E-state index in [-0.39, 0.29) is 0 Å². The minimum Gasteiger partial charge on any atom is -0.496 e. The first-order valence-electron chi connectivity index (χ1n) is 12.4. The molecule has 1 fully saturated rings. The molecule has 2 aromatic carbocycles. The zero-order chi connectivity index (χ0) is 25.5. The van der Waals surface area contributed by atoms with Gasteiger partial charge in [0.25, 0.3) is 0 Å². The lowest BCUT2D eigenvalue weighted by Crippen LogP contribution is -2.47. The minimum atomic E-state index is 0.760. The number of rotatable bonds is 5. The van der Waals surface area contributed by atoms with Crippen LogP contribution in [-0.4, -0.2) is 59.6 Å². The van der Waals surface area contributed by atoms with Gasteiger partial charge in [-0.1, -0.05) is 17.3 Å². The summed E-state index contributed by atoms with van der Waals surface area (Å²) >= 11 is 0. The van der Waals surface area contributed by atoms with Crippen molar-refractivity contribution in [2.24, 2.45) is 4.99 Å². The number of fused-ring (bicyclic) bond motifs is 3. The van der Waals surface area contributed by atoms with Gasteiger partial charge in [-0.25, -0.2) is 9.97 Å². The highest BCUT2D eigenvalue weighted by molar-refractivity contribution is 6.13. The molecular formula is C28H29N7O2. The van der Waals surface area contributed by atoms with E-state index in [9.17, 15) is 0 Å². The molecule has 6 rings (SSSR count). The summed E-state index contributed by atoms with van der Waals surface area (Å²) in [6.45, 7) is 9.25. The fraction of sp³-hybridized carbons (Fsp3) is 0.286. The number of aromatic amines is 1. The molecule has 1 N–H and O–H groups in total. The van der Waals surface area contributed by atoms with Gasteiger partial charge in [-0.2, -0.15) is 0 Å². The van der Waals surface area contributed by atoms with Crippen molar-refractivity contribution >= 4 is 45.3 Å². The number of aromatic nitrogens is 4. The van der Waals surface area contributed by atoms with E-state index in [0.29, 0.717) is 0 Å². The topological polar surface area (TPSA) is 95.7 Å². The van der Waals surface area contributed by atoms with Gasteiger partial charge in [0.05, 0.1) is 35.1 Å². The number of hydrogen-bond donors (Lipinski definition) is 1. The van der Waals surface area contributed by atoms with Crippen LogP contribution in [0.4, 0.5) is 17.2 Å². The molecule has 1 aliphatic rings. The summed E-state index contributed by atoms with van der Waals surface area (Å²) < 4.78 is 11.3. The lowest BCUT2D eigenvalue weighted by atomic mass is 10.0. The van der Waals surface area contributed by atoms with Gasteiger partial charge < -0.3 is 24.0 Å². The molecule has 0 radical (unpaired) electrons. The van der Waals surface area contributed by atoms with Crippen molar-refractivity contribution < 1.29 is 9.26 Å². The number of ether oxygens (including phenoxy) is 1. The van der Waals surface area contributed by atoms with Crippen molar-refractivity contribution in [3.8, 4) is 16.9 Å². The monoisotopic (exact) mass is 495 g/mol. The van der Waals surface area contributed by atoms with Crippen LogP contribution >= 0.6 is 0 Å². The summed E-state index contributed by atoms with van der Waals surface area (Å²) in [7, 11) is 1.69. The summed E-state index contributed by atoms with van der Waals surface area (Å²) in [5.74, 6) is 2.45. The number of hydrogen-bond acceptors (Lipinski definition) is 8. The fourth-order valence-electron chi connectivity index (χ4n) is 5.35. The molecule has 9 nitrogen and oxygen atoms in total. The lowest BCUT2D eigenvalue weighted by Gasteiger charge is -2.37. The van der Waals surface area contributed by atoms with Crippen molar-refractivity contribution in [2.45, 2.75) is 20.8 Å². The number of aryl methyl sites for hydroxylation is 2. The summed E-state index contributed by atoms with van der Waals surface area (Å²) in [6, 6.07) is 12.5. The number of piperazine rings is 1. The maximum absolute atomic E-state index is 5.83. The molecule has 0 bridgehead atoms. The zero-order valence-electron chi connectivity index (χ0n) is 21.4. The Bertz CT molecular complexity index is 1610. The van der Waals surface area contributed by atoms with Crippen LogP contribution in [0.5, 0.6) is 5.75 Å². The Morgan fingerprint density at radius 2 is 1.84 bits per heavy atom. The third-order valence-electron chi connectivity index (χ3n) is 7.06. The van der Waals surface area contributed by atoms with Crippen LogP contribution in [-0.2, 0) is 0 Å². The van der Waals surface area contributed by atoms with Crippen LogP contribution in [0.1, 0.15) is 18.4 Å². The summed E-state index contributed by atoms with van der Waals surface area (Å²) in [6.07, 6.45) is 3.48. The van der Waals surface area contributed by atoms with Gasteiger partial charge in [-0.3, -0.25) is 4.99 Å². The SMILES string of the molecule is CC=Nc1ccccc1N1CCN(c2ncnc3[nH]c4cc(-c5c(C)noc5C)c(OC)cc4c23)CC1. The molecule has 0 amide bonds. The highest BCUT2D eigenvalue weighted by Gasteiger charge is 2.24. The molecule has 0 aliphatic carbocycles. The predicted octanol–water partition coefficient (Wildman–Crippen LogP) is 5.44. The molecule has 188 valence electrons. The normalized spacial score (nSPS) is 14.4. The van der Waals surface area contributed by atoms with Crippen molar-refractivity contribution in [1.82, 2.24) is 20.1 Å². The van der Waals surface area contributed by atoms with Gasteiger partial charge >= 0.3 is 0 Å². The van der Waals surface area contributed by atoms with Crippen LogP contribution in [0.15, 0.2) is 52.2 Å². The number of anilines is 2. The molecule has 0 spiro atoms. The van der Waals surface area contributed by atoms with Gasteiger partial charge in [-0.05, 0) is 45.0 Å². The van der Waals surface area contributed by atoms with Crippen molar-refractivity contribution in [2.75, 3.05) is 43.1 Å². The van der Waals surface area contributed by atoms with Crippen LogP contribution < -0.4 is 14.5 Å². The second-order valence-electron chi connectivity index (χ2n) is 9.19. The van der Waals surface area contributed by atoms with Gasteiger partial charge in [0, 0.05) is 48.9 Å². The smallest absolute Gasteiger partial charge is 0.143 e. The largest absolute Gasteiger partial charge is 0.496 e. The number of benzene rings is 2. The van der Waals surface area contributed by atoms with Gasteiger partial charge in [-0.15, -0.1) is 0 Å². The van der Waals surface area contributed by atoms with E-state index >= 15 is 0 Å². The first-order valence-corrected chi connectivity index (χ1v) is 12.4. The third kappa shape index (κ3) is 3.87. The average Bonchev–Trinajstić information content (AvgIpc) is 3.46. The molecule has 9 heteroatoms. The molecule has 37 heavy (non-hydrogen) atoms. The summed E-state index contributed by atoms with van der Waals surface area (Å²) in [4.78, 5) is 22.1. The van der Waals surface area contributed by atoms with E-state index in [0.717, 1.165) is 93.6 Å². The van der Waals surface area contributed by atoms with Crippen LogP contribution in [0, 0.1) is 13.8 Å².